The van der Waals surface area contributed by atoms with Crippen LogP contribution in [0.25, 0.3) is 0 Å². The predicted octanol–water partition coefficient (Wildman–Crippen LogP) is 2.07. The average molecular weight is 275 g/mol. The van der Waals surface area contributed by atoms with E-state index in [-0.39, 0.29) is 5.97 Å². The van der Waals surface area contributed by atoms with Crippen molar-refractivity contribution in [3.05, 3.63) is 34.3 Å². The van der Waals surface area contributed by atoms with Crippen LogP contribution in [-0.4, -0.2) is 29.6 Å². The lowest BCUT2D eigenvalue weighted by molar-refractivity contribution is -0.140. The molecule has 0 fully saturated rings. The van der Waals surface area contributed by atoms with Crippen LogP contribution in [0.3, 0.4) is 0 Å². The van der Waals surface area contributed by atoms with Crippen LogP contribution in [0.1, 0.15) is 24.5 Å². The van der Waals surface area contributed by atoms with Crippen LogP contribution in [0.5, 0.6) is 0 Å². The zero-order valence-corrected chi connectivity index (χ0v) is 11.6. The van der Waals surface area contributed by atoms with Crippen molar-refractivity contribution in [2.24, 2.45) is 0 Å². The Morgan fingerprint density at radius 2 is 2.00 bits per heavy atom. The Morgan fingerprint density at radius 3 is 2.44 bits per heavy atom. The molecule has 2 N–H and O–H groups in total. The van der Waals surface area contributed by atoms with Gasteiger partial charge in [0.1, 0.15) is 6.29 Å². The second-order valence-corrected chi connectivity index (χ2v) is 4.21. The molecule has 0 saturated heterocycles. The molecule has 4 nitrogen and oxygen atoms in total. The molecule has 0 saturated carbocycles. The highest BCUT2D eigenvalue weighted by Crippen LogP contribution is 2.18. The molecule has 1 aromatic carbocycles. The quantitative estimate of drug-likeness (QED) is 0.654. The maximum absolute atomic E-state index is 10.9. The van der Waals surface area contributed by atoms with Crippen molar-refractivity contribution in [1.82, 2.24) is 0 Å². The van der Waals surface area contributed by atoms with E-state index >= 15 is 0 Å². The fourth-order valence-corrected chi connectivity index (χ4v) is 1.52. The third-order valence-corrected chi connectivity index (χ3v) is 2.39. The molecule has 18 heavy (non-hydrogen) atoms. The molecule has 0 aliphatic carbocycles. The summed E-state index contributed by atoms with van der Waals surface area (Å²) in [5, 5.41) is 15.9. The fraction of sp³-hybridized carbons (Fsp3) is 0.462. The van der Waals surface area contributed by atoms with Gasteiger partial charge in [-0.2, -0.15) is 0 Å². The SMILES string of the molecule is CC(O)O.COC(=O)CCc1ccc(C)cc1Cl. The zero-order valence-electron chi connectivity index (χ0n) is 10.8. The van der Waals surface area contributed by atoms with Crippen molar-refractivity contribution in [2.75, 3.05) is 7.11 Å². The van der Waals surface area contributed by atoms with Gasteiger partial charge in [0, 0.05) is 11.4 Å². The molecular weight excluding hydrogens is 256 g/mol. The van der Waals surface area contributed by atoms with E-state index in [1.807, 2.05) is 25.1 Å². The Balaban J connectivity index is 0.000000631. The third kappa shape index (κ3) is 8.06. The highest BCUT2D eigenvalue weighted by atomic mass is 35.5. The van der Waals surface area contributed by atoms with Crippen LogP contribution in [0.2, 0.25) is 5.02 Å². The van der Waals surface area contributed by atoms with Crippen LogP contribution in [-0.2, 0) is 16.0 Å². The lowest BCUT2D eigenvalue weighted by atomic mass is 10.1. The van der Waals surface area contributed by atoms with Gasteiger partial charge in [0.15, 0.2) is 0 Å². The van der Waals surface area contributed by atoms with Gasteiger partial charge in [-0.15, -0.1) is 0 Å². The van der Waals surface area contributed by atoms with E-state index in [9.17, 15) is 4.79 Å². The molecule has 1 rings (SSSR count). The van der Waals surface area contributed by atoms with Crippen molar-refractivity contribution in [1.29, 1.82) is 0 Å². The van der Waals surface area contributed by atoms with E-state index in [1.54, 1.807) is 0 Å². The fourth-order valence-electron chi connectivity index (χ4n) is 1.19. The summed E-state index contributed by atoms with van der Waals surface area (Å²) in [4.78, 5) is 10.9. The van der Waals surface area contributed by atoms with Gasteiger partial charge in [-0.25, -0.2) is 0 Å². The lowest BCUT2D eigenvalue weighted by Gasteiger charge is -2.04. The number of ether oxygens (including phenoxy) is 1. The van der Waals surface area contributed by atoms with E-state index in [0.717, 1.165) is 11.1 Å². The Labute approximate surface area is 112 Å². The van der Waals surface area contributed by atoms with Crippen LogP contribution in [0.4, 0.5) is 0 Å². The van der Waals surface area contributed by atoms with Gasteiger partial charge in [-0.3, -0.25) is 4.79 Å². The number of hydrogen-bond acceptors (Lipinski definition) is 4. The number of carbonyl (C=O) groups excluding carboxylic acids is 1. The van der Waals surface area contributed by atoms with Crippen molar-refractivity contribution >= 4 is 17.6 Å². The minimum atomic E-state index is -1.17. The molecular formula is C13H19ClO4. The summed E-state index contributed by atoms with van der Waals surface area (Å²) in [6, 6.07) is 5.83. The summed E-state index contributed by atoms with van der Waals surface area (Å²) >= 11 is 6.00. The number of hydrogen-bond donors (Lipinski definition) is 2. The standard InChI is InChI=1S/C11H13ClO2.C2H6O2/c1-8-3-4-9(10(12)7-8)5-6-11(13)14-2;1-2(3)4/h3-4,7H,5-6H2,1-2H3;2-4H,1H3. The van der Waals surface area contributed by atoms with Gasteiger partial charge < -0.3 is 14.9 Å². The molecule has 0 aliphatic rings. The van der Waals surface area contributed by atoms with E-state index in [4.69, 9.17) is 21.8 Å². The number of halogens is 1. The summed E-state index contributed by atoms with van der Waals surface area (Å²) < 4.78 is 4.55. The van der Waals surface area contributed by atoms with Crippen molar-refractivity contribution in [3.63, 3.8) is 0 Å². The van der Waals surface area contributed by atoms with E-state index < -0.39 is 6.29 Å². The lowest BCUT2D eigenvalue weighted by Crippen LogP contribution is -2.02. The van der Waals surface area contributed by atoms with Crippen molar-refractivity contribution in [2.45, 2.75) is 33.0 Å². The average Bonchev–Trinajstić information content (AvgIpc) is 2.26. The van der Waals surface area contributed by atoms with Crippen LogP contribution in [0, 0.1) is 6.92 Å². The Bertz CT molecular complexity index is 374. The van der Waals surface area contributed by atoms with Gasteiger partial charge >= 0.3 is 5.97 Å². The van der Waals surface area contributed by atoms with Crippen molar-refractivity contribution < 1.29 is 19.7 Å². The van der Waals surface area contributed by atoms with Gasteiger partial charge in [-0.1, -0.05) is 23.7 Å². The second-order valence-electron chi connectivity index (χ2n) is 3.80. The largest absolute Gasteiger partial charge is 0.469 e. The number of rotatable bonds is 3. The van der Waals surface area contributed by atoms with E-state index in [0.29, 0.717) is 17.9 Å². The monoisotopic (exact) mass is 274 g/mol. The maximum atomic E-state index is 10.9. The molecule has 0 aliphatic heterocycles. The first-order valence-electron chi connectivity index (χ1n) is 5.54. The molecule has 0 unspecified atom stereocenters. The number of aliphatic hydroxyl groups excluding tert-OH is 1. The molecule has 1 aromatic rings. The number of benzene rings is 1. The number of aliphatic hydroxyl groups is 2. The van der Waals surface area contributed by atoms with Crippen LogP contribution >= 0.6 is 11.6 Å². The molecule has 0 aromatic heterocycles. The van der Waals surface area contributed by atoms with Gasteiger partial charge in [0.05, 0.1) is 7.11 Å². The predicted molar refractivity (Wildman–Crippen MR) is 70.4 cm³/mol. The molecule has 0 bridgehead atoms. The van der Waals surface area contributed by atoms with Crippen molar-refractivity contribution in [3.8, 4) is 0 Å². The Hall–Kier alpha value is -1.10. The smallest absolute Gasteiger partial charge is 0.305 e. The van der Waals surface area contributed by atoms with Crippen LogP contribution < -0.4 is 0 Å². The molecule has 102 valence electrons. The topological polar surface area (TPSA) is 66.8 Å². The number of esters is 1. The second kappa shape index (κ2) is 8.91. The zero-order chi connectivity index (χ0) is 14.1. The van der Waals surface area contributed by atoms with Gasteiger partial charge in [0.2, 0.25) is 0 Å². The summed E-state index contributed by atoms with van der Waals surface area (Å²) in [5.74, 6) is -0.207. The minimum absolute atomic E-state index is 0.207. The summed E-state index contributed by atoms with van der Waals surface area (Å²) in [5.41, 5.74) is 2.11. The van der Waals surface area contributed by atoms with Crippen LogP contribution in [0.15, 0.2) is 18.2 Å². The summed E-state index contributed by atoms with van der Waals surface area (Å²) in [6.07, 6.45) is -0.162. The molecule has 0 heterocycles. The molecule has 0 amide bonds. The minimum Gasteiger partial charge on any atom is -0.469 e. The first-order valence-corrected chi connectivity index (χ1v) is 5.92. The van der Waals surface area contributed by atoms with Gasteiger partial charge in [-0.05, 0) is 37.5 Å². The first-order chi connectivity index (χ1) is 8.36. The van der Waals surface area contributed by atoms with E-state index in [1.165, 1.54) is 14.0 Å². The Morgan fingerprint density at radius 1 is 1.44 bits per heavy atom. The molecule has 0 spiro atoms. The van der Waals surface area contributed by atoms with E-state index in [2.05, 4.69) is 4.74 Å². The molecule has 5 heteroatoms. The number of methoxy groups -OCH3 is 1. The highest BCUT2D eigenvalue weighted by molar-refractivity contribution is 6.31. The van der Waals surface area contributed by atoms with Gasteiger partial charge in [0.25, 0.3) is 0 Å². The molecule has 0 atom stereocenters. The number of aryl methyl sites for hydroxylation is 2. The highest BCUT2D eigenvalue weighted by Gasteiger charge is 2.04. The number of carbonyl (C=O) groups is 1. The maximum Gasteiger partial charge on any atom is 0.305 e. The molecule has 0 radical (unpaired) electrons. The third-order valence-electron chi connectivity index (χ3n) is 2.03. The Kier molecular flexibility index (Phi) is 8.37. The summed E-state index contributed by atoms with van der Waals surface area (Å²) in [6.45, 7) is 3.26. The normalized spacial score (nSPS) is 9.72. The summed E-state index contributed by atoms with van der Waals surface area (Å²) in [7, 11) is 1.39. The first kappa shape index (κ1) is 16.9.